The highest BCUT2D eigenvalue weighted by Gasteiger charge is 2.34. The lowest BCUT2D eigenvalue weighted by Crippen LogP contribution is -2.52. The maximum absolute atomic E-state index is 11.9. The molecule has 2 rings (SSSR count). The summed E-state index contributed by atoms with van der Waals surface area (Å²) in [4.78, 5) is 11.9. The van der Waals surface area contributed by atoms with Crippen LogP contribution >= 0.6 is 15.9 Å². The fourth-order valence-corrected chi connectivity index (χ4v) is 2.39. The van der Waals surface area contributed by atoms with E-state index in [1.165, 1.54) is 0 Å². The summed E-state index contributed by atoms with van der Waals surface area (Å²) in [5, 5.41) is 12.0. The zero-order valence-electron chi connectivity index (χ0n) is 10.9. The first-order chi connectivity index (χ1) is 9.65. The summed E-state index contributed by atoms with van der Waals surface area (Å²) in [6.45, 7) is 0.852. The molecule has 1 heterocycles. The lowest BCUT2D eigenvalue weighted by molar-refractivity contribution is -0.125. The molecule has 20 heavy (non-hydrogen) atoms. The number of nitrogens with one attached hydrogen (secondary N) is 1. The van der Waals surface area contributed by atoms with Crippen molar-refractivity contribution in [3.05, 3.63) is 28.7 Å². The summed E-state index contributed by atoms with van der Waals surface area (Å²) in [6, 6.07) is 9.48. The third-order valence-corrected chi connectivity index (χ3v) is 3.79. The number of rotatable bonds is 4. The van der Waals surface area contributed by atoms with E-state index in [1.807, 2.05) is 18.2 Å². The average molecular weight is 339 g/mol. The van der Waals surface area contributed by atoms with Gasteiger partial charge in [-0.25, -0.2) is 0 Å². The second kappa shape index (κ2) is 6.73. The highest BCUT2D eigenvalue weighted by molar-refractivity contribution is 9.10. The van der Waals surface area contributed by atoms with Gasteiger partial charge in [0.25, 0.3) is 5.91 Å². The molecule has 0 saturated carbocycles. The minimum atomic E-state index is -0.827. The van der Waals surface area contributed by atoms with Crippen LogP contribution in [-0.2, 0) is 9.53 Å². The largest absolute Gasteiger partial charge is 0.483 e. The number of nitriles is 1. The predicted molar refractivity (Wildman–Crippen MR) is 76.2 cm³/mol. The first-order valence-electron chi connectivity index (χ1n) is 6.32. The van der Waals surface area contributed by atoms with Crippen molar-refractivity contribution >= 4 is 21.8 Å². The van der Waals surface area contributed by atoms with Gasteiger partial charge in [-0.15, -0.1) is 0 Å². The molecular weight excluding hydrogens is 324 g/mol. The zero-order chi connectivity index (χ0) is 14.4. The van der Waals surface area contributed by atoms with Crippen molar-refractivity contribution in [2.24, 2.45) is 0 Å². The van der Waals surface area contributed by atoms with Crippen LogP contribution in [-0.4, -0.2) is 31.3 Å². The smallest absolute Gasteiger partial charge is 0.259 e. The molecule has 0 spiro atoms. The van der Waals surface area contributed by atoms with Crippen molar-refractivity contribution in [1.82, 2.24) is 5.32 Å². The van der Waals surface area contributed by atoms with E-state index in [2.05, 4.69) is 27.3 Å². The Morgan fingerprint density at radius 3 is 2.80 bits per heavy atom. The van der Waals surface area contributed by atoms with E-state index >= 15 is 0 Å². The lowest BCUT2D eigenvalue weighted by atomic mass is 9.92. The molecule has 1 N–H and O–H groups in total. The van der Waals surface area contributed by atoms with E-state index in [0.717, 1.165) is 4.47 Å². The Hall–Kier alpha value is -1.58. The van der Waals surface area contributed by atoms with Gasteiger partial charge in [0.05, 0.1) is 10.5 Å². The summed E-state index contributed by atoms with van der Waals surface area (Å²) < 4.78 is 11.4. The van der Waals surface area contributed by atoms with Crippen molar-refractivity contribution in [2.45, 2.75) is 18.4 Å². The Morgan fingerprint density at radius 2 is 2.15 bits per heavy atom. The molecule has 1 aromatic rings. The third-order valence-electron chi connectivity index (χ3n) is 3.13. The van der Waals surface area contributed by atoms with Gasteiger partial charge in [0.2, 0.25) is 0 Å². The Bertz CT molecular complexity index is 521. The van der Waals surface area contributed by atoms with Crippen LogP contribution in [0.1, 0.15) is 12.8 Å². The van der Waals surface area contributed by atoms with Gasteiger partial charge in [-0.05, 0) is 28.1 Å². The molecule has 0 radical (unpaired) electrons. The van der Waals surface area contributed by atoms with Gasteiger partial charge in [-0.1, -0.05) is 12.1 Å². The monoisotopic (exact) mass is 338 g/mol. The summed E-state index contributed by atoms with van der Waals surface area (Å²) in [5.74, 6) is 0.296. The second-order valence-corrected chi connectivity index (χ2v) is 5.43. The molecule has 6 heteroatoms. The number of nitrogens with zero attached hydrogens (tertiary/aromatic N) is 1. The molecule has 0 unspecified atom stereocenters. The number of para-hydroxylation sites is 1. The quantitative estimate of drug-likeness (QED) is 0.911. The molecule has 1 amide bonds. The first kappa shape index (κ1) is 14.8. The molecule has 1 aromatic carbocycles. The Balaban J connectivity index is 1.89. The van der Waals surface area contributed by atoms with Crippen molar-refractivity contribution in [1.29, 1.82) is 5.26 Å². The number of carbonyl (C=O) groups is 1. The van der Waals surface area contributed by atoms with Crippen LogP contribution in [0.25, 0.3) is 0 Å². The van der Waals surface area contributed by atoms with Gasteiger partial charge < -0.3 is 14.8 Å². The van der Waals surface area contributed by atoms with E-state index in [4.69, 9.17) is 9.47 Å². The normalized spacial score (nSPS) is 17.0. The molecule has 106 valence electrons. The molecule has 1 saturated heterocycles. The van der Waals surface area contributed by atoms with Gasteiger partial charge >= 0.3 is 0 Å². The molecule has 0 aromatic heterocycles. The predicted octanol–water partition coefficient (Wildman–Crippen LogP) is 2.02. The van der Waals surface area contributed by atoms with Crippen molar-refractivity contribution in [3.8, 4) is 11.8 Å². The van der Waals surface area contributed by atoms with Crippen LogP contribution in [0.3, 0.4) is 0 Å². The standard InChI is InChI=1S/C14H15BrN2O3/c15-11-3-1-2-4-12(11)20-9-13(18)17-14(10-16)5-7-19-8-6-14/h1-4H,5-9H2,(H,17,18). The summed E-state index contributed by atoms with van der Waals surface area (Å²) in [5.41, 5.74) is -0.827. The molecule has 1 fully saturated rings. The molecule has 0 atom stereocenters. The molecule has 5 nitrogen and oxygen atoms in total. The minimum absolute atomic E-state index is 0.118. The summed E-state index contributed by atoms with van der Waals surface area (Å²) >= 11 is 3.34. The topological polar surface area (TPSA) is 71.4 Å². The maximum atomic E-state index is 11.9. The van der Waals surface area contributed by atoms with Gasteiger partial charge in [0, 0.05) is 26.1 Å². The van der Waals surface area contributed by atoms with E-state index in [0.29, 0.717) is 31.8 Å². The molecule has 0 bridgehead atoms. The number of benzene rings is 1. The van der Waals surface area contributed by atoms with Crippen LogP contribution in [0, 0.1) is 11.3 Å². The number of hydrogen-bond acceptors (Lipinski definition) is 4. The van der Waals surface area contributed by atoms with Crippen molar-refractivity contribution in [3.63, 3.8) is 0 Å². The summed E-state index contributed by atoms with van der Waals surface area (Å²) in [7, 11) is 0. The molecule has 1 aliphatic rings. The Morgan fingerprint density at radius 1 is 1.45 bits per heavy atom. The number of halogens is 1. The van der Waals surface area contributed by atoms with Crippen LogP contribution in [0.5, 0.6) is 5.75 Å². The van der Waals surface area contributed by atoms with E-state index in [9.17, 15) is 10.1 Å². The first-order valence-corrected chi connectivity index (χ1v) is 7.12. The van der Waals surface area contributed by atoms with Gasteiger partial charge in [0.15, 0.2) is 6.61 Å². The summed E-state index contributed by atoms with van der Waals surface area (Å²) in [6.07, 6.45) is 1.01. The van der Waals surface area contributed by atoms with Gasteiger partial charge in [0.1, 0.15) is 11.3 Å². The van der Waals surface area contributed by atoms with Crippen LogP contribution in [0.2, 0.25) is 0 Å². The van der Waals surface area contributed by atoms with Gasteiger partial charge in [-0.2, -0.15) is 5.26 Å². The van der Waals surface area contributed by atoms with Crippen molar-refractivity contribution < 1.29 is 14.3 Å². The average Bonchev–Trinajstić information content (AvgIpc) is 2.47. The van der Waals surface area contributed by atoms with E-state index in [1.54, 1.807) is 6.07 Å². The minimum Gasteiger partial charge on any atom is -0.483 e. The number of amides is 1. The van der Waals surface area contributed by atoms with Crippen LogP contribution in [0.15, 0.2) is 28.7 Å². The SMILES string of the molecule is N#CC1(NC(=O)COc2ccccc2Br)CCOCC1. The van der Waals surface area contributed by atoms with Crippen LogP contribution < -0.4 is 10.1 Å². The van der Waals surface area contributed by atoms with Crippen LogP contribution in [0.4, 0.5) is 0 Å². The Labute approximate surface area is 126 Å². The fourth-order valence-electron chi connectivity index (χ4n) is 1.99. The highest BCUT2D eigenvalue weighted by Crippen LogP contribution is 2.24. The Kier molecular flexibility index (Phi) is 4.99. The molecule has 1 aliphatic heterocycles. The van der Waals surface area contributed by atoms with E-state index < -0.39 is 5.54 Å². The third kappa shape index (κ3) is 3.71. The lowest BCUT2D eigenvalue weighted by Gasteiger charge is -2.31. The maximum Gasteiger partial charge on any atom is 0.259 e. The van der Waals surface area contributed by atoms with Gasteiger partial charge in [-0.3, -0.25) is 4.79 Å². The molecule has 0 aliphatic carbocycles. The van der Waals surface area contributed by atoms with E-state index in [-0.39, 0.29) is 12.5 Å². The van der Waals surface area contributed by atoms with Crippen molar-refractivity contribution in [2.75, 3.05) is 19.8 Å². The second-order valence-electron chi connectivity index (χ2n) is 4.57. The molecular formula is C14H15BrN2O3. The number of ether oxygens (including phenoxy) is 2. The number of carbonyl (C=O) groups excluding carboxylic acids is 1. The fraction of sp³-hybridized carbons (Fsp3) is 0.429. The highest BCUT2D eigenvalue weighted by atomic mass is 79.9. The zero-order valence-corrected chi connectivity index (χ0v) is 12.5. The number of hydrogen-bond donors (Lipinski definition) is 1.